The summed E-state index contributed by atoms with van der Waals surface area (Å²) in [7, 11) is -1.35. The number of carbonyl (C=O) groups is 2. The molecular weight excluding hydrogens is 395 g/mol. The fourth-order valence-corrected chi connectivity index (χ4v) is 3.10. The Balaban J connectivity index is 1.58. The third-order valence-electron chi connectivity index (χ3n) is 4.55. The van der Waals surface area contributed by atoms with Crippen LogP contribution in [0.25, 0.3) is 0 Å². The second-order valence-corrected chi connectivity index (χ2v) is 6.82. The van der Waals surface area contributed by atoms with E-state index in [4.69, 9.17) is 10.4 Å². The molecule has 0 spiro atoms. The maximum absolute atomic E-state index is 11.9. The summed E-state index contributed by atoms with van der Waals surface area (Å²) in [6, 6.07) is 4.68. The first-order valence-electron chi connectivity index (χ1n) is 9.41. The minimum atomic E-state index is -1.35. The zero-order valence-corrected chi connectivity index (χ0v) is 16.1. The number of aliphatic hydroxyl groups is 1. The summed E-state index contributed by atoms with van der Waals surface area (Å²) < 4.78 is 6.67. The standard InChI is InChI=1S/C17H23BN6O6/c19-5-2-6-20-16(26)12-8-24(23-22-12)9-14(25)21-13-7-10-3-1-4-11(17(27)28)15(10)30-18(13)29/h1,3-4,8,13-14,21,25,29H,2,5-7,9,19H2,(H,20,26)(H,27,28)/t13-,14?/m0/s1. The fourth-order valence-electron chi connectivity index (χ4n) is 3.10. The van der Waals surface area contributed by atoms with E-state index >= 15 is 0 Å². The monoisotopic (exact) mass is 418 g/mol. The lowest BCUT2D eigenvalue weighted by molar-refractivity contribution is 0.0692. The number of rotatable bonds is 9. The van der Waals surface area contributed by atoms with E-state index in [9.17, 15) is 24.8 Å². The molecule has 2 aromatic rings. The van der Waals surface area contributed by atoms with Crippen molar-refractivity contribution in [2.75, 3.05) is 13.1 Å². The predicted octanol–water partition coefficient (Wildman–Crippen LogP) is -2.01. The van der Waals surface area contributed by atoms with Crippen molar-refractivity contribution in [3.8, 4) is 5.75 Å². The Labute approximate surface area is 172 Å². The highest BCUT2D eigenvalue weighted by molar-refractivity contribution is 6.46. The molecule has 12 nitrogen and oxygen atoms in total. The number of nitrogens with zero attached hydrogens (tertiary/aromatic N) is 3. The van der Waals surface area contributed by atoms with Crippen LogP contribution in [0.2, 0.25) is 0 Å². The van der Waals surface area contributed by atoms with Gasteiger partial charge in [0, 0.05) is 6.54 Å². The van der Waals surface area contributed by atoms with Crippen molar-refractivity contribution in [2.24, 2.45) is 5.73 Å². The van der Waals surface area contributed by atoms with Gasteiger partial charge in [0.25, 0.3) is 5.91 Å². The van der Waals surface area contributed by atoms with Crippen LogP contribution in [0.1, 0.15) is 32.8 Å². The maximum atomic E-state index is 11.9. The Bertz CT molecular complexity index is 909. The Morgan fingerprint density at radius 2 is 2.23 bits per heavy atom. The Morgan fingerprint density at radius 3 is 2.97 bits per heavy atom. The number of amides is 1. The van der Waals surface area contributed by atoms with Crippen molar-refractivity contribution in [2.45, 2.75) is 31.6 Å². The summed E-state index contributed by atoms with van der Waals surface area (Å²) in [5.41, 5.74) is 6.04. The molecule has 7 N–H and O–H groups in total. The largest absolute Gasteiger partial charge is 0.541 e. The van der Waals surface area contributed by atoms with E-state index in [2.05, 4.69) is 20.9 Å². The summed E-state index contributed by atoms with van der Waals surface area (Å²) in [5.74, 6) is -2.11. The highest BCUT2D eigenvalue weighted by Crippen LogP contribution is 2.30. The van der Waals surface area contributed by atoms with Crippen LogP contribution < -0.4 is 21.0 Å². The minimum Gasteiger partial charge on any atom is -0.534 e. The number of carbonyl (C=O) groups excluding carboxylic acids is 1. The Morgan fingerprint density at radius 1 is 1.43 bits per heavy atom. The highest BCUT2D eigenvalue weighted by atomic mass is 16.5. The van der Waals surface area contributed by atoms with Crippen LogP contribution in [0, 0.1) is 0 Å². The van der Waals surface area contributed by atoms with Gasteiger partial charge in [-0.1, -0.05) is 17.3 Å². The van der Waals surface area contributed by atoms with Gasteiger partial charge in [0.15, 0.2) is 5.69 Å². The van der Waals surface area contributed by atoms with Gasteiger partial charge in [-0.25, -0.2) is 9.48 Å². The summed E-state index contributed by atoms with van der Waals surface area (Å²) >= 11 is 0. The van der Waals surface area contributed by atoms with Crippen molar-refractivity contribution < 1.29 is 29.5 Å². The van der Waals surface area contributed by atoms with E-state index in [0.29, 0.717) is 25.1 Å². The van der Waals surface area contributed by atoms with Gasteiger partial charge in [-0.3, -0.25) is 10.1 Å². The molecule has 3 rings (SSSR count). The van der Waals surface area contributed by atoms with Gasteiger partial charge in [-0.15, -0.1) is 5.10 Å². The van der Waals surface area contributed by atoms with Crippen LogP contribution >= 0.6 is 0 Å². The van der Waals surface area contributed by atoms with Crippen molar-refractivity contribution in [3.05, 3.63) is 41.2 Å². The van der Waals surface area contributed by atoms with Crippen LogP contribution in [0.4, 0.5) is 0 Å². The molecule has 160 valence electrons. The number of hydrogen-bond donors (Lipinski definition) is 6. The number of carboxylic acids is 1. The number of fused-ring (bicyclic) bond motifs is 1. The number of hydrogen-bond acceptors (Lipinski definition) is 9. The van der Waals surface area contributed by atoms with Gasteiger partial charge < -0.3 is 30.9 Å². The molecule has 0 aliphatic carbocycles. The number of nitrogens with two attached hydrogens (primary N) is 1. The second kappa shape index (κ2) is 9.67. The van der Waals surface area contributed by atoms with Crippen LogP contribution in [0.15, 0.2) is 24.4 Å². The van der Waals surface area contributed by atoms with Crippen LogP contribution in [-0.2, 0) is 13.0 Å². The molecule has 1 aromatic carbocycles. The molecule has 1 unspecified atom stereocenters. The average Bonchev–Trinajstić information content (AvgIpc) is 3.16. The van der Waals surface area contributed by atoms with Gasteiger partial charge >= 0.3 is 13.1 Å². The van der Waals surface area contributed by atoms with E-state index in [1.807, 2.05) is 0 Å². The number of aliphatic hydroxyl groups excluding tert-OH is 1. The maximum Gasteiger partial charge on any atom is 0.541 e. The quantitative estimate of drug-likeness (QED) is 0.151. The smallest absolute Gasteiger partial charge is 0.534 e. The second-order valence-electron chi connectivity index (χ2n) is 6.82. The molecule has 0 saturated heterocycles. The lowest BCUT2D eigenvalue weighted by atomic mass is 9.72. The molecule has 0 saturated carbocycles. The van der Waals surface area contributed by atoms with Crippen LogP contribution in [0.3, 0.4) is 0 Å². The molecule has 2 atom stereocenters. The first-order chi connectivity index (χ1) is 14.4. The van der Waals surface area contributed by atoms with E-state index in [0.717, 1.165) is 0 Å². The van der Waals surface area contributed by atoms with Crippen LogP contribution in [-0.4, -0.2) is 74.5 Å². The molecule has 1 aliphatic rings. The molecule has 1 aliphatic heterocycles. The first kappa shape index (κ1) is 21.7. The Kier molecular flexibility index (Phi) is 7.00. The number of para-hydroxylation sites is 1. The minimum absolute atomic E-state index is 0.0334. The number of nitrogens with one attached hydrogen (secondary N) is 2. The molecule has 30 heavy (non-hydrogen) atoms. The normalized spacial score (nSPS) is 16.5. The van der Waals surface area contributed by atoms with E-state index in [-0.39, 0.29) is 35.9 Å². The Hall–Kier alpha value is -3.00. The highest BCUT2D eigenvalue weighted by Gasteiger charge is 2.37. The number of aromatic nitrogens is 3. The lowest BCUT2D eigenvalue weighted by Gasteiger charge is -2.30. The zero-order chi connectivity index (χ0) is 21.7. The molecule has 0 radical (unpaired) electrons. The summed E-state index contributed by atoms with van der Waals surface area (Å²) in [6.45, 7) is 0.856. The molecule has 1 aromatic heterocycles. The fraction of sp³-hybridized carbons (Fsp3) is 0.412. The third-order valence-corrected chi connectivity index (χ3v) is 4.55. The van der Waals surface area contributed by atoms with Gasteiger partial charge in [0.2, 0.25) is 0 Å². The molecule has 0 fully saturated rings. The summed E-state index contributed by atoms with van der Waals surface area (Å²) in [6.07, 6.45) is 1.16. The molecule has 2 heterocycles. The topological polar surface area (TPSA) is 185 Å². The van der Waals surface area contributed by atoms with E-state index < -0.39 is 25.3 Å². The van der Waals surface area contributed by atoms with Crippen molar-refractivity contribution in [1.29, 1.82) is 0 Å². The molecule has 13 heteroatoms. The van der Waals surface area contributed by atoms with Crippen molar-refractivity contribution in [3.63, 3.8) is 0 Å². The first-order valence-corrected chi connectivity index (χ1v) is 9.41. The lowest BCUT2D eigenvalue weighted by Crippen LogP contribution is -2.55. The van der Waals surface area contributed by atoms with Crippen LogP contribution in [0.5, 0.6) is 5.75 Å². The molecular formula is C17H23BN6O6. The number of carboxylic acid groups (broad SMARTS) is 1. The summed E-state index contributed by atoms with van der Waals surface area (Å²) in [4.78, 5) is 23.2. The molecule has 1 amide bonds. The van der Waals surface area contributed by atoms with Gasteiger partial charge in [-0.2, -0.15) is 0 Å². The predicted molar refractivity (Wildman–Crippen MR) is 105 cm³/mol. The van der Waals surface area contributed by atoms with Gasteiger partial charge in [-0.05, 0) is 31.0 Å². The van der Waals surface area contributed by atoms with Crippen molar-refractivity contribution >= 4 is 19.0 Å². The SMILES string of the molecule is NCCCNC(=O)c1cn(CC(O)N[C@H]2Cc3cccc(C(=O)O)c3OB2O)nn1. The third kappa shape index (κ3) is 5.13. The van der Waals surface area contributed by atoms with Crippen molar-refractivity contribution in [1.82, 2.24) is 25.6 Å². The molecule has 0 bridgehead atoms. The van der Waals surface area contributed by atoms with Gasteiger partial charge in [0.05, 0.1) is 24.2 Å². The number of aromatic carboxylic acids is 1. The van der Waals surface area contributed by atoms with E-state index in [1.165, 1.54) is 16.9 Å². The number of benzene rings is 1. The zero-order valence-electron chi connectivity index (χ0n) is 16.1. The summed E-state index contributed by atoms with van der Waals surface area (Å²) in [5, 5.41) is 42.8. The average molecular weight is 418 g/mol. The van der Waals surface area contributed by atoms with Gasteiger partial charge in [0.1, 0.15) is 12.0 Å². The van der Waals surface area contributed by atoms with E-state index in [1.54, 1.807) is 12.1 Å².